The topological polar surface area (TPSA) is 55.8 Å². The first kappa shape index (κ1) is 12.0. The van der Waals surface area contributed by atoms with Crippen LogP contribution in [0.5, 0.6) is 5.75 Å². The fraction of sp³-hybridized carbons (Fsp3) is 0.429. The molecule has 0 spiro atoms. The molecule has 2 aliphatic heterocycles. The highest BCUT2D eigenvalue weighted by atomic mass is 16.6. The highest BCUT2D eigenvalue weighted by Gasteiger charge is 2.48. The predicted molar refractivity (Wildman–Crippen MR) is 66.7 cm³/mol. The van der Waals surface area contributed by atoms with Crippen molar-refractivity contribution in [2.45, 2.75) is 25.5 Å². The van der Waals surface area contributed by atoms with Crippen LogP contribution in [-0.4, -0.2) is 42.1 Å². The number of hydrogen-bond donors (Lipinski definition) is 0. The van der Waals surface area contributed by atoms with Crippen LogP contribution in [0.25, 0.3) is 0 Å². The summed E-state index contributed by atoms with van der Waals surface area (Å²) in [5, 5.41) is 0. The van der Waals surface area contributed by atoms with Gasteiger partial charge >= 0.3 is 5.97 Å². The quantitative estimate of drug-likeness (QED) is 0.759. The van der Waals surface area contributed by atoms with E-state index in [4.69, 9.17) is 9.47 Å². The second-order valence-electron chi connectivity index (χ2n) is 4.91. The van der Waals surface area contributed by atoms with E-state index in [-0.39, 0.29) is 24.6 Å². The van der Waals surface area contributed by atoms with Gasteiger partial charge in [-0.15, -0.1) is 0 Å². The van der Waals surface area contributed by atoms with Crippen molar-refractivity contribution < 1.29 is 19.1 Å². The number of hydrogen-bond acceptors (Lipinski definition) is 4. The monoisotopic (exact) mass is 261 g/mol. The average Bonchev–Trinajstić information content (AvgIpc) is 2.96. The zero-order chi connectivity index (χ0) is 13.4. The van der Waals surface area contributed by atoms with Gasteiger partial charge in [0.25, 0.3) is 5.91 Å². The first-order chi connectivity index (χ1) is 9.15. The van der Waals surface area contributed by atoms with Crippen molar-refractivity contribution in [2.24, 2.45) is 0 Å². The van der Waals surface area contributed by atoms with Gasteiger partial charge in [0.1, 0.15) is 17.9 Å². The molecule has 2 bridgehead atoms. The number of amides is 1. The van der Waals surface area contributed by atoms with Crippen LogP contribution in [0.1, 0.15) is 12.0 Å². The van der Waals surface area contributed by atoms with Crippen molar-refractivity contribution in [3.63, 3.8) is 0 Å². The standard InChI is InChI=1S/C14H15NO4/c1-9-4-2-3-5-12(9)18-8-13(16)15-7-10-6-11(15)14(17)19-10/h2-5,10-11H,6-8H2,1H3/t10-,11+/m0/s1. The Kier molecular flexibility index (Phi) is 2.89. The molecule has 0 unspecified atom stereocenters. The van der Waals surface area contributed by atoms with Crippen molar-refractivity contribution in [3.8, 4) is 5.75 Å². The Morgan fingerprint density at radius 3 is 2.95 bits per heavy atom. The number of ether oxygens (including phenoxy) is 2. The van der Waals surface area contributed by atoms with E-state index >= 15 is 0 Å². The molecule has 0 aromatic heterocycles. The van der Waals surface area contributed by atoms with Gasteiger partial charge in [0, 0.05) is 6.42 Å². The van der Waals surface area contributed by atoms with Crippen molar-refractivity contribution in [2.75, 3.05) is 13.2 Å². The molecule has 2 atom stereocenters. The molecule has 0 N–H and O–H groups in total. The average molecular weight is 261 g/mol. The number of aryl methyl sites for hydroxylation is 1. The highest BCUT2D eigenvalue weighted by Crippen LogP contribution is 2.29. The van der Waals surface area contributed by atoms with Crippen molar-refractivity contribution in [1.29, 1.82) is 0 Å². The summed E-state index contributed by atoms with van der Waals surface area (Å²) in [5.74, 6) is 0.246. The Morgan fingerprint density at radius 1 is 1.47 bits per heavy atom. The number of likely N-dealkylation sites (tertiary alicyclic amines) is 1. The van der Waals surface area contributed by atoms with Crippen LogP contribution in [0.2, 0.25) is 0 Å². The lowest BCUT2D eigenvalue weighted by Crippen LogP contribution is -2.46. The Labute approximate surface area is 111 Å². The number of fused-ring (bicyclic) bond motifs is 2. The molecule has 1 amide bonds. The number of esters is 1. The van der Waals surface area contributed by atoms with Gasteiger partial charge in [-0.2, -0.15) is 0 Å². The number of morpholine rings is 1. The van der Waals surface area contributed by atoms with Gasteiger partial charge in [-0.25, -0.2) is 4.79 Å². The first-order valence-corrected chi connectivity index (χ1v) is 6.33. The minimum absolute atomic E-state index is 0.0403. The highest BCUT2D eigenvalue weighted by molar-refractivity contribution is 5.88. The third kappa shape index (κ3) is 2.16. The second kappa shape index (κ2) is 4.57. The Bertz CT molecular complexity index is 528. The molecule has 19 heavy (non-hydrogen) atoms. The molecule has 1 aromatic carbocycles. The molecular formula is C14H15NO4. The summed E-state index contributed by atoms with van der Waals surface area (Å²) in [6, 6.07) is 7.13. The van der Waals surface area contributed by atoms with Gasteiger partial charge < -0.3 is 14.4 Å². The van der Waals surface area contributed by atoms with E-state index in [0.29, 0.717) is 18.7 Å². The van der Waals surface area contributed by atoms with Crippen LogP contribution in [-0.2, 0) is 14.3 Å². The molecule has 5 heteroatoms. The molecule has 1 aromatic rings. The van der Waals surface area contributed by atoms with Crippen LogP contribution in [0, 0.1) is 6.92 Å². The van der Waals surface area contributed by atoms with Gasteiger partial charge in [0.05, 0.1) is 6.54 Å². The fourth-order valence-electron chi connectivity index (χ4n) is 2.57. The lowest BCUT2D eigenvalue weighted by molar-refractivity contribution is -0.157. The third-order valence-electron chi connectivity index (χ3n) is 3.58. The van der Waals surface area contributed by atoms with E-state index < -0.39 is 6.04 Å². The van der Waals surface area contributed by atoms with E-state index in [2.05, 4.69) is 0 Å². The lowest BCUT2D eigenvalue weighted by atomic mass is 10.2. The number of nitrogens with zero attached hydrogens (tertiary/aromatic N) is 1. The number of benzene rings is 1. The molecule has 0 saturated carbocycles. The van der Waals surface area contributed by atoms with Gasteiger partial charge in [-0.3, -0.25) is 4.79 Å². The molecule has 100 valence electrons. The van der Waals surface area contributed by atoms with Crippen LogP contribution in [0.3, 0.4) is 0 Å². The summed E-state index contributed by atoms with van der Waals surface area (Å²) in [5.41, 5.74) is 0.984. The largest absolute Gasteiger partial charge is 0.484 e. The van der Waals surface area contributed by atoms with E-state index in [9.17, 15) is 9.59 Å². The Hall–Kier alpha value is -2.04. The molecule has 3 rings (SSSR count). The minimum Gasteiger partial charge on any atom is -0.484 e. The zero-order valence-electron chi connectivity index (χ0n) is 10.7. The minimum atomic E-state index is -0.405. The van der Waals surface area contributed by atoms with Gasteiger partial charge in [-0.1, -0.05) is 18.2 Å². The van der Waals surface area contributed by atoms with Crippen LogP contribution in [0.15, 0.2) is 24.3 Å². The maximum Gasteiger partial charge on any atom is 0.329 e. The molecule has 0 aliphatic carbocycles. The molecule has 2 aliphatic rings. The van der Waals surface area contributed by atoms with E-state index in [1.807, 2.05) is 31.2 Å². The molecule has 2 saturated heterocycles. The maximum atomic E-state index is 12.1. The molecule has 0 radical (unpaired) electrons. The Balaban J connectivity index is 1.61. The molecule has 5 nitrogen and oxygen atoms in total. The lowest BCUT2D eigenvalue weighted by Gasteiger charge is -2.25. The predicted octanol–water partition coefficient (Wildman–Crippen LogP) is 0.900. The summed E-state index contributed by atoms with van der Waals surface area (Å²) in [4.78, 5) is 25.0. The van der Waals surface area contributed by atoms with Crippen molar-refractivity contribution in [3.05, 3.63) is 29.8 Å². The first-order valence-electron chi connectivity index (χ1n) is 6.33. The normalized spacial score (nSPS) is 24.5. The second-order valence-corrected chi connectivity index (χ2v) is 4.91. The van der Waals surface area contributed by atoms with Gasteiger partial charge in [-0.05, 0) is 18.6 Å². The summed E-state index contributed by atoms with van der Waals surface area (Å²) in [7, 11) is 0. The smallest absolute Gasteiger partial charge is 0.329 e. The van der Waals surface area contributed by atoms with E-state index in [1.165, 1.54) is 0 Å². The Morgan fingerprint density at radius 2 is 2.26 bits per heavy atom. The number of carbonyl (C=O) groups is 2. The van der Waals surface area contributed by atoms with Crippen molar-refractivity contribution >= 4 is 11.9 Å². The summed E-state index contributed by atoms with van der Waals surface area (Å²) < 4.78 is 10.6. The van der Waals surface area contributed by atoms with E-state index in [1.54, 1.807) is 4.90 Å². The van der Waals surface area contributed by atoms with Crippen LogP contribution < -0.4 is 4.74 Å². The summed E-state index contributed by atoms with van der Waals surface area (Å²) in [6.07, 6.45) is 0.495. The van der Waals surface area contributed by atoms with Gasteiger partial charge in [0.15, 0.2) is 6.61 Å². The molecule has 2 fully saturated rings. The van der Waals surface area contributed by atoms with Crippen molar-refractivity contribution in [1.82, 2.24) is 4.90 Å². The SMILES string of the molecule is Cc1ccccc1OCC(=O)N1C[C@@H]2C[C@@H]1C(=O)O2. The molecule has 2 heterocycles. The summed E-state index contributed by atoms with van der Waals surface area (Å²) in [6.45, 7) is 2.38. The zero-order valence-corrected chi connectivity index (χ0v) is 10.7. The number of carbonyl (C=O) groups excluding carboxylic acids is 2. The molecular weight excluding hydrogens is 246 g/mol. The van der Waals surface area contributed by atoms with Gasteiger partial charge in [0.2, 0.25) is 0 Å². The summed E-state index contributed by atoms with van der Waals surface area (Å²) >= 11 is 0. The van der Waals surface area contributed by atoms with Crippen LogP contribution >= 0.6 is 0 Å². The fourth-order valence-corrected chi connectivity index (χ4v) is 2.57. The number of rotatable bonds is 3. The number of para-hydroxylation sites is 1. The van der Waals surface area contributed by atoms with E-state index in [0.717, 1.165) is 5.56 Å². The maximum absolute atomic E-state index is 12.1. The third-order valence-corrected chi connectivity index (χ3v) is 3.58. The van der Waals surface area contributed by atoms with Crippen LogP contribution in [0.4, 0.5) is 0 Å².